The third-order valence-electron chi connectivity index (χ3n) is 3.75. The van der Waals surface area contributed by atoms with Crippen LogP contribution in [0.1, 0.15) is 38.5 Å². The van der Waals surface area contributed by atoms with E-state index in [2.05, 4.69) is 48.8 Å². The summed E-state index contributed by atoms with van der Waals surface area (Å²) in [5.41, 5.74) is 1.35. The topological polar surface area (TPSA) is 28.4 Å². The van der Waals surface area contributed by atoms with Gasteiger partial charge in [-0.1, -0.05) is 20.8 Å². The molecule has 1 N–H and O–H groups in total. The number of furan rings is 1. The molecule has 0 aliphatic carbocycles. The zero-order chi connectivity index (χ0) is 14.4. The van der Waals surface area contributed by atoms with Gasteiger partial charge in [-0.15, -0.1) is 0 Å². The van der Waals surface area contributed by atoms with E-state index in [0.29, 0.717) is 5.92 Å². The molecule has 0 aromatic carbocycles. The summed E-state index contributed by atoms with van der Waals surface area (Å²) in [6.45, 7) is 12.1. The standard InChI is InChI=1S/C16H28N2OS/c1-4-15-12-18(6-8-20-15)11-14-5-7-19-16(14)10-17-9-13(2)3/h5,7,13,15,17H,4,6,8-12H2,1-3H3. The molecule has 0 radical (unpaired) electrons. The summed E-state index contributed by atoms with van der Waals surface area (Å²) in [6, 6.07) is 2.13. The first-order chi connectivity index (χ1) is 9.69. The Hall–Kier alpha value is -0.450. The maximum absolute atomic E-state index is 5.65. The van der Waals surface area contributed by atoms with Crippen molar-refractivity contribution < 1.29 is 4.42 Å². The molecule has 1 saturated heterocycles. The summed E-state index contributed by atoms with van der Waals surface area (Å²) in [5.74, 6) is 3.05. The lowest BCUT2D eigenvalue weighted by atomic mass is 10.2. The van der Waals surface area contributed by atoms with Crippen molar-refractivity contribution >= 4 is 11.8 Å². The Labute approximate surface area is 127 Å². The van der Waals surface area contributed by atoms with Crippen LogP contribution in [-0.4, -0.2) is 35.5 Å². The second-order valence-electron chi connectivity index (χ2n) is 6.03. The van der Waals surface area contributed by atoms with Gasteiger partial charge >= 0.3 is 0 Å². The predicted octanol–water partition coefficient (Wildman–Crippen LogP) is 3.35. The third-order valence-corrected chi connectivity index (χ3v) is 5.12. The van der Waals surface area contributed by atoms with E-state index in [1.807, 2.05) is 6.26 Å². The first-order valence-corrected chi connectivity index (χ1v) is 8.83. The average Bonchev–Trinajstić information content (AvgIpc) is 2.86. The summed E-state index contributed by atoms with van der Waals surface area (Å²) in [7, 11) is 0. The van der Waals surface area contributed by atoms with Crippen LogP contribution in [0.4, 0.5) is 0 Å². The van der Waals surface area contributed by atoms with E-state index in [1.165, 1.54) is 30.8 Å². The van der Waals surface area contributed by atoms with Crippen LogP contribution in [-0.2, 0) is 13.1 Å². The molecule has 2 rings (SSSR count). The largest absolute Gasteiger partial charge is 0.468 e. The lowest BCUT2D eigenvalue weighted by Gasteiger charge is -2.31. The lowest BCUT2D eigenvalue weighted by molar-refractivity contribution is 0.270. The van der Waals surface area contributed by atoms with Crippen LogP contribution >= 0.6 is 11.8 Å². The van der Waals surface area contributed by atoms with Crippen LogP contribution < -0.4 is 5.32 Å². The normalized spacial score (nSPS) is 20.7. The number of rotatable bonds is 7. The number of nitrogens with one attached hydrogen (secondary N) is 1. The van der Waals surface area contributed by atoms with Crippen LogP contribution in [0.25, 0.3) is 0 Å². The minimum absolute atomic E-state index is 0.679. The van der Waals surface area contributed by atoms with Crippen molar-refractivity contribution in [2.24, 2.45) is 5.92 Å². The molecule has 1 aliphatic heterocycles. The minimum atomic E-state index is 0.679. The summed E-state index contributed by atoms with van der Waals surface area (Å²) in [5, 5.41) is 4.27. The summed E-state index contributed by atoms with van der Waals surface area (Å²) in [6.07, 6.45) is 3.10. The van der Waals surface area contributed by atoms with E-state index in [4.69, 9.17) is 4.42 Å². The molecule has 2 heterocycles. The van der Waals surface area contributed by atoms with Gasteiger partial charge in [0.25, 0.3) is 0 Å². The molecule has 0 bridgehead atoms. The number of hydrogen-bond donors (Lipinski definition) is 1. The number of hydrogen-bond acceptors (Lipinski definition) is 4. The highest BCUT2D eigenvalue weighted by Gasteiger charge is 2.20. The number of nitrogens with zero attached hydrogens (tertiary/aromatic N) is 1. The summed E-state index contributed by atoms with van der Waals surface area (Å²) in [4.78, 5) is 2.57. The van der Waals surface area contributed by atoms with Gasteiger partial charge in [0.05, 0.1) is 12.8 Å². The maximum Gasteiger partial charge on any atom is 0.122 e. The van der Waals surface area contributed by atoms with Crippen LogP contribution in [0.15, 0.2) is 16.7 Å². The van der Waals surface area contributed by atoms with Crippen LogP contribution in [0.5, 0.6) is 0 Å². The van der Waals surface area contributed by atoms with Gasteiger partial charge in [-0.05, 0) is 24.9 Å². The zero-order valence-electron chi connectivity index (χ0n) is 13.0. The first-order valence-electron chi connectivity index (χ1n) is 7.79. The minimum Gasteiger partial charge on any atom is -0.468 e. The van der Waals surface area contributed by atoms with Gasteiger partial charge in [-0.25, -0.2) is 0 Å². The van der Waals surface area contributed by atoms with E-state index in [1.54, 1.807) is 0 Å². The maximum atomic E-state index is 5.65. The Morgan fingerprint density at radius 3 is 3.10 bits per heavy atom. The molecule has 0 amide bonds. The van der Waals surface area contributed by atoms with Crippen molar-refractivity contribution in [3.63, 3.8) is 0 Å². The lowest BCUT2D eigenvalue weighted by Crippen LogP contribution is -2.37. The average molecular weight is 296 g/mol. The van der Waals surface area contributed by atoms with Gasteiger partial charge in [0.2, 0.25) is 0 Å². The smallest absolute Gasteiger partial charge is 0.122 e. The Morgan fingerprint density at radius 1 is 1.50 bits per heavy atom. The molecule has 0 spiro atoms. The Bertz CT molecular complexity index is 392. The van der Waals surface area contributed by atoms with Crippen molar-refractivity contribution in [3.8, 4) is 0 Å². The van der Waals surface area contributed by atoms with Crippen LogP contribution in [0.3, 0.4) is 0 Å². The molecule has 1 aromatic heterocycles. The van der Waals surface area contributed by atoms with E-state index >= 15 is 0 Å². The number of thioether (sulfide) groups is 1. The monoisotopic (exact) mass is 296 g/mol. The molecule has 0 saturated carbocycles. The molecule has 3 nitrogen and oxygen atoms in total. The summed E-state index contributed by atoms with van der Waals surface area (Å²) >= 11 is 2.12. The Balaban J connectivity index is 1.84. The van der Waals surface area contributed by atoms with Gasteiger partial charge in [0.15, 0.2) is 0 Å². The van der Waals surface area contributed by atoms with Crippen molar-refractivity contribution in [1.29, 1.82) is 0 Å². The van der Waals surface area contributed by atoms with Crippen LogP contribution in [0, 0.1) is 5.92 Å². The van der Waals surface area contributed by atoms with Crippen molar-refractivity contribution in [2.75, 3.05) is 25.4 Å². The fourth-order valence-corrected chi connectivity index (χ4v) is 3.80. The van der Waals surface area contributed by atoms with E-state index in [-0.39, 0.29) is 0 Å². The predicted molar refractivity (Wildman–Crippen MR) is 87.1 cm³/mol. The highest BCUT2D eigenvalue weighted by Crippen LogP contribution is 2.23. The molecule has 4 heteroatoms. The fourth-order valence-electron chi connectivity index (χ4n) is 2.55. The molecule has 20 heavy (non-hydrogen) atoms. The Kier molecular flexibility index (Phi) is 6.46. The quantitative estimate of drug-likeness (QED) is 0.835. The molecule has 1 fully saturated rings. The molecular formula is C16H28N2OS. The van der Waals surface area contributed by atoms with Gasteiger partial charge in [0.1, 0.15) is 5.76 Å². The second kappa shape index (κ2) is 8.11. The van der Waals surface area contributed by atoms with Crippen molar-refractivity contribution in [1.82, 2.24) is 10.2 Å². The molecule has 1 aromatic rings. The molecule has 114 valence electrons. The summed E-state index contributed by atoms with van der Waals surface area (Å²) < 4.78 is 5.65. The van der Waals surface area contributed by atoms with Crippen LogP contribution in [0.2, 0.25) is 0 Å². The van der Waals surface area contributed by atoms with E-state index in [9.17, 15) is 0 Å². The Morgan fingerprint density at radius 2 is 2.35 bits per heavy atom. The van der Waals surface area contributed by atoms with E-state index < -0.39 is 0 Å². The van der Waals surface area contributed by atoms with Gasteiger partial charge < -0.3 is 9.73 Å². The van der Waals surface area contributed by atoms with Gasteiger partial charge in [-0.2, -0.15) is 11.8 Å². The highest BCUT2D eigenvalue weighted by molar-refractivity contribution is 8.00. The van der Waals surface area contributed by atoms with Gasteiger partial charge in [-0.3, -0.25) is 4.90 Å². The molecular weight excluding hydrogens is 268 g/mol. The zero-order valence-corrected chi connectivity index (χ0v) is 13.8. The fraction of sp³-hybridized carbons (Fsp3) is 0.750. The highest BCUT2D eigenvalue weighted by atomic mass is 32.2. The third kappa shape index (κ3) is 4.83. The van der Waals surface area contributed by atoms with Crippen molar-refractivity contribution in [2.45, 2.75) is 45.5 Å². The molecule has 1 unspecified atom stereocenters. The molecule has 1 atom stereocenters. The SMILES string of the molecule is CCC1CN(Cc2ccoc2CNCC(C)C)CCS1. The first kappa shape index (κ1) is 15.9. The van der Waals surface area contributed by atoms with Crippen molar-refractivity contribution in [3.05, 3.63) is 23.7 Å². The second-order valence-corrected chi connectivity index (χ2v) is 7.44. The molecule has 1 aliphatic rings. The van der Waals surface area contributed by atoms with Gasteiger partial charge in [0, 0.05) is 36.2 Å². The van der Waals surface area contributed by atoms with E-state index in [0.717, 1.165) is 30.6 Å².